The molecule has 2 heterocycles. The summed E-state index contributed by atoms with van der Waals surface area (Å²) in [7, 11) is 0. The summed E-state index contributed by atoms with van der Waals surface area (Å²) in [5.74, 6) is 0.570. The minimum Gasteiger partial charge on any atom is -0.484 e. The van der Waals surface area contributed by atoms with Crippen molar-refractivity contribution < 1.29 is 14.3 Å². The van der Waals surface area contributed by atoms with Crippen LogP contribution in [0.3, 0.4) is 0 Å². The molecule has 3 rings (SSSR count). The van der Waals surface area contributed by atoms with Crippen molar-refractivity contribution in [3.63, 3.8) is 0 Å². The van der Waals surface area contributed by atoms with E-state index in [4.69, 9.17) is 15.2 Å². The van der Waals surface area contributed by atoms with E-state index in [2.05, 4.69) is 22.2 Å². The van der Waals surface area contributed by atoms with Gasteiger partial charge in [0.1, 0.15) is 11.9 Å². The molecule has 1 aromatic heterocycles. The second kappa shape index (κ2) is 8.62. The Morgan fingerprint density at radius 1 is 1.46 bits per heavy atom. The fourth-order valence-electron chi connectivity index (χ4n) is 3.12. The normalized spacial score (nSPS) is 19.2. The van der Waals surface area contributed by atoms with Gasteiger partial charge in [0.25, 0.3) is 5.91 Å². The summed E-state index contributed by atoms with van der Waals surface area (Å²) in [4.78, 5) is 17.8. The Bertz CT molecular complexity index is 732. The highest BCUT2D eigenvalue weighted by Crippen LogP contribution is 2.26. The highest BCUT2D eigenvalue weighted by molar-refractivity contribution is 7.09. The van der Waals surface area contributed by atoms with Crippen molar-refractivity contribution in [2.45, 2.75) is 25.9 Å². The van der Waals surface area contributed by atoms with Gasteiger partial charge in [-0.15, -0.1) is 11.3 Å². The van der Waals surface area contributed by atoms with Crippen molar-refractivity contribution in [2.24, 2.45) is 5.73 Å². The fraction of sp³-hybridized carbons (Fsp3) is 0.474. The Morgan fingerprint density at radius 3 is 2.88 bits per heavy atom. The predicted octanol–water partition coefficient (Wildman–Crippen LogP) is 2.49. The number of hydrogen-bond donors (Lipinski definition) is 1. The van der Waals surface area contributed by atoms with E-state index in [9.17, 15) is 4.79 Å². The van der Waals surface area contributed by atoms with Crippen molar-refractivity contribution in [1.29, 1.82) is 0 Å². The number of benzene rings is 1. The third-order valence-corrected chi connectivity index (χ3v) is 5.27. The number of aromatic nitrogens is 1. The number of carbonyl (C=O) groups excluding carboxylic acids is 1. The smallest absolute Gasteiger partial charge is 0.255 e. The van der Waals surface area contributed by atoms with Crippen molar-refractivity contribution in [3.8, 4) is 5.75 Å². The first-order valence-corrected chi connectivity index (χ1v) is 9.66. The number of ether oxygens (including phenoxy) is 2. The van der Waals surface area contributed by atoms with Gasteiger partial charge in [-0.2, -0.15) is 0 Å². The number of rotatable bonds is 7. The van der Waals surface area contributed by atoms with Crippen LogP contribution in [0, 0.1) is 6.92 Å². The van der Waals surface area contributed by atoms with E-state index < -0.39 is 5.91 Å². The zero-order valence-electron chi connectivity index (χ0n) is 15.2. The van der Waals surface area contributed by atoms with Crippen LogP contribution in [-0.2, 0) is 9.53 Å². The number of nitrogens with zero attached hydrogens (tertiary/aromatic N) is 2. The van der Waals surface area contributed by atoms with Crippen molar-refractivity contribution >= 4 is 17.2 Å². The third-order valence-electron chi connectivity index (χ3n) is 4.48. The van der Waals surface area contributed by atoms with E-state index in [-0.39, 0.29) is 12.7 Å². The second-order valence-corrected chi connectivity index (χ2v) is 7.70. The molecule has 1 aliphatic rings. The first kappa shape index (κ1) is 18.8. The maximum atomic E-state index is 10.8. The molecule has 1 fully saturated rings. The number of hydrogen-bond acceptors (Lipinski definition) is 6. The molecule has 1 aromatic carbocycles. The molecule has 7 heteroatoms. The quantitative estimate of drug-likeness (QED) is 0.804. The van der Waals surface area contributed by atoms with Crippen LogP contribution in [0.15, 0.2) is 29.6 Å². The maximum absolute atomic E-state index is 10.8. The number of nitrogens with two attached hydrogens (primary N) is 1. The molecule has 0 radical (unpaired) electrons. The van der Waals surface area contributed by atoms with Gasteiger partial charge < -0.3 is 15.2 Å². The van der Waals surface area contributed by atoms with Crippen LogP contribution in [0.25, 0.3) is 0 Å². The molecule has 1 amide bonds. The summed E-state index contributed by atoms with van der Waals surface area (Å²) in [5, 5.41) is 3.17. The van der Waals surface area contributed by atoms with Gasteiger partial charge in [0.2, 0.25) is 0 Å². The number of primary amides is 1. The summed E-state index contributed by atoms with van der Waals surface area (Å²) in [6.07, 6.45) is 0.0606. The van der Waals surface area contributed by atoms with Gasteiger partial charge in [-0.1, -0.05) is 19.1 Å². The minimum atomic E-state index is -0.473. The van der Waals surface area contributed by atoms with Gasteiger partial charge in [-0.25, -0.2) is 4.98 Å². The number of amides is 1. The zero-order valence-corrected chi connectivity index (χ0v) is 16.0. The number of thiazole rings is 1. The van der Waals surface area contributed by atoms with Crippen LogP contribution in [0.2, 0.25) is 0 Å². The van der Waals surface area contributed by atoms with E-state index in [0.29, 0.717) is 11.7 Å². The number of morpholine rings is 1. The van der Waals surface area contributed by atoms with E-state index in [1.165, 1.54) is 5.56 Å². The molecule has 2 N–H and O–H groups in total. The van der Waals surface area contributed by atoms with E-state index >= 15 is 0 Å². The van der Waals surface area contributed by atoms with Crippen LogP contribution in [0.4, 0.5) is 0 Å². The Balaban J connectivity index is 1.55. The Morgan fingerprint density at radius 2 is 2.23 bits per heavy atom. The lowest BCUT2D eigenvalue weighted by molar-refractivity contribution is -0.119. The standard InChI is InChI=1S/C19H25N3O3S/c1-13(15-3-5-16(6-4-15)25-11-19(20)23)9-22-7-8-24-18(10-22)17-12-26-14(2)21-17/h3-6,12-13,18H,7-11H2,1-2H3,(H2,20,23). The monoisotopic (exact) mass is 375 g/mol. The molecule has 0 saturated carbocycles. The van der Waals surface area contributed by atoms with Gasteiger partial charge >= 0.3 is 0 Å². The highest BCUT2D eigenvalue weighted by Gasteiger charge is 2.25. The summed E-state index contributed by atoms with van der Waals surface area (Å²) in [6, 6.07) is 7.86. The van der Waals surface area contributed by atoms with Gasteiger partial charge in [-0.05, 0) is 30.5 Å². The average Bonchev–Trinajstić information content (AvgIpc) is 3.07. The van der Waals surface area contributed by atoms with Gasteiger partial charge in [0.15, 0.2) is 6.61 Å². The molecule has 2 atom stereocenters. The van der Waals surface area contributed by atoms with Crippen molar-refractivity contribution in [3.05, 3.63) is 45.9 Å². The van der Waals surface area contributed by atoms with Crippen molar-refractivity contribution in [2.75, 3.05) is 32.8 Å². The van der Waals surface area contributed by atoms with E-state index in [0.717, 1.165) is 36.9 Å². The largest absolute Gasteiger partial charge is 0.484 e. The molecular weight excluding hydrogens is 350 g/mol. The van der Waals surface area contributed by atoms with Crippen LogP contribution in [0.5, 0.6) is 5.75 Å². The fourth-order valence-corrected chi connectivity index (χ4v) is 3.77. The van der Waals surface area contributed by atoms with E-state index in [1.807, 2.05) is 31.2 Å². The average molecular weight is 375 g/mol. The van der Waals surface area contributed by atoms with Crippen molar-refractivity contribution in [1.82, 2.24) is 9.88 Å². The summed E-state index contributed by atoms with van der Waals surface area (Å²) < 4.78 is 11.2. The highest BCUT2D eigenvalue weighted by atomic mass is 32.1. The van der Waals surface area contributed by atoms with Crippen LogP contribution >= 0.6 is 11.3 Å². The molecule has 140 valence electrons. The molecule has 2 aromatic rings. The summed E-state index contributed by atoms with van der Waals surface area (Å²) >= 11 is 1.67. The first-order valence-electron chi connectivity index (χ1n) is 8.78. The molecule has 0 bridgehead atoms. The van der Waals surface area contributed by atoms with Gasteiger partial charge in [0, 0.05) is 25.0 Å². The molecule has 0 spiro atoms. The Kier molecular flexibility index (Phi) is 6.24. The van der Waals surface area contributed by atoms with Crippen LogP contribution in [0.1, 0.15) is 35.2 Å². The van der Waals surface area contributed by atoms with Crippen LogP contribution in [-0.4, -0.2) is 48.6 Å². The Hall–Kier alpha value is -1.96. The molecule has 26 heavy (non-hydrogen) atoms. The molecule has 0 aliphatic carbocycles. The van der Waals surface area contributed by atoms with Crippen LogP contribution < -0.4 is 10.5 Å². The number of aryl methyl sites for hydroxylation is 1. The molecular formula is C19H25N3O3S. The topological polar surface area (TPSA) is 77.7 Å². The third kappa shape index (κ3) is 5.03. The molecule has 1 saturated heterocycles. The first-order chi connectivity index (χ1) is 12.5. The second-order valence-electron chi connectivity index (χ2n) is 6.64. The van der Waals surface area contributed by atoms with Gasteiger partial charge in [0.05, 0.1) is 17.3 Å². The lowest BCUT2D eigenvalue weighted by atomic mass is 10.00. The maximum Gasteiger partial charge on any atom is 0.255 e. The van der Waals surface area contributed by atoms with E-state index in [1.54, 1.807) is 11.3 Å². The summed E-state index contributed by atoms with van der Waals surface area (Å²) in [6.45, 7) is 7.64. The molecule has 6 nitrogen and oxygen atoms in total. The summed E-state index contributed by atoms with van der Waals surface area (Å²) in [5.41, 5.74) is 7.38. The van der Waals surface area contributed by atoms with Gasteiger partial charge in [-0.3, -0.25) is 9.69 Å². The molecule has 1 aliphatic heterocycles. The lowest BCUT2D eigenvalue weighted by Gasteiger charge is -2.34. The minimum absolute atomic E-state index is 0.0606. The predicted molar refractivity (Wildman–Crippen MR) is 102 cm³/mol. The molecule has 2 unspecified atom stereocenters. The zero-order chi connectivity index (χ0) is 18.5. The number of carbonyl (C=O) groups is 1. The Labute approximate surface area is 157 Å². The SMILES string of the molecule is Cc1nc(C2CN(CC(C)c3ccc(OCC(N)=O)cc3)CCO2)cs1. The lowest BCUT2D eigenvalue weighted by Crippen LogP contribution is -2.40.